The Morgan fingerprint density at radius 2 is 2.00 bits per heavy atom. The van der Waals surface area contributed by atoms with Gasteiger partial charge in [0.05, 0.1) is 13.0 Å². The van der Waals surface area contributed by atoms with E-state index in [-0.39, 0.29) is 39.9 Å². The molecule has 116 valence electrons. The van der Waals surface area contributed by atoms with Gasteiger partial charge in [0.1, 0.15) is 29.1 Å². The summed E-state index contributed by atoms with van der Waals surface area (Å²) in [5, 5.41) is 28.6. The molecule has 4 N–H and O–H groups in total. The number of phenolic OH excluding ortho intramolecular Hbond substituents is 1. The predicted octanol–water partition coefficient (Wildman–Crippen LogP) is 1.82. The highest BCUT2D eigenvalue weighted by molar-refractivity contribution is 6.17. The lowest BCUT2D eigenvalue weighted by molar-refractivity contribution is 0.371. The van der Waals surface area contributed by atoms with Crippen LogP contribution in [0.1, 0.15) is 16.7 Å². The van der Waals surface area contributed by atoms with Crippen molar-refractivity contribution in [2.24, 2.45) is 0 Å². The number of hydrogen-bond donors (Lipinski definition) is 3. The van der Waals surface area contributed by atoms with Crippen molar-refractivity contribution < 1.29 is 9.84 Å². The number of nitriles is 2. The maximum absolute atomic E-state index is 11.9. The fraction of sp³-hybridized carbons (Fsp3) is 0.133. The van der Waals surface area contributed by atoms with Gasteiger partial charge >= 0.3 is 0 Å². The van der Waals surface area contributed by atoms with Crippen molar-refractivity contribution >= 4 is 17.4 Å². The Morgan fingerprint density at radius 3 is 2.52 bits per heavy atom. The van der Waals surface area contributed by atoms with Crippen LogP contribution in [0, 0.1) is 22.7 Å². The number of phenols is 1. The van der Waals surface area contributed by atoms with Crippen LogP contribution in [0.4, 0.5) is 5.82 Å². The second-order valence-corrected chi connectivity index (χ2v) is 4.80. The van der Waals surface area contributed by atoms with Crippen LogP contribution in [0.2, 0.25) is 0 Å². The molecule has 0 atom stereocenters. The first-order valence-electron chi connectivity index (χ1n) is 6.30. The average Bonchev–Trinajstić information content (AvgIpc) is 2.54. The molecule has 7 nitrogen and oxygen atoms in total. The summed E-state index contributed by atoms with van der Waals surface area (Å²) in [6.07, 6.45) is 0. The van der Waals surface area contributed by atoms with E-state index >= 15 is 0 Å². The van der Waals surface area contributed by atoms with Crippen LogP contribution < -0.4 is 16.0 Å². The molecular formula is C15H11ClN4O3. The van der Waals surface area contributed by atoms with E-state index in [1.165, 1.54) is 19.2 Å². The molecule has 0 fully saturated rings. The maximum Gasteiger partial charge on any atom is 0.268 e. The summed E-state index contributed by atoms with van der Waals surface area (Å²) in [6, 6.07) is 6.52. The number of nitrogen functional groups attached to an aromatic ring is 1. The molecule has 0 aliphatic heterocycles. The first-order chi connectivity index (χ1) is 11.0. The first kappa shape index (κ1) is 16.2. The highest BCUT2D eigenvalue weighted by atomic mass is 35.5. The minimum Gasteiger partial charge on any atom is -0.504 e. The second kappa shape index (κ2) is 6.30. The highest BCUT2D eigenvalue weighted by Crippen LogP contribution is 2.38. The fourth-order valence-electron chi connectivity index (χ4n) is 2.20. The number of pyridine rings is 1. The van der Waals surface area contributed by atoms with Gasteiger partial charge in [-0.2, -0.15) is 10.5 Å². The number of nitrogens with zero attached hydrogens (tertiary/aromatic N) is 2. The standard InChI is InChI=1S/C15H11ClN4O3/c1-23-11-3-7(2-8(4-16)13(11)21)12-9(5-17)14(19)20-15(22)10(12)6-18/h2-3,21H,4H2,1H3,(H3,19,20,22). The Labute approximate surface area is 136 Å². The Hall–Kier alpha value is -3.16. The van der Waals surface area contributed by atoms with Crippen molar-refractivity contribution in [3.63, 3.8) is 0 Å². The lowest BCUT2D eigenvalue weighted by Gasteiger charge is -2.13. The number of rotatable bonds is 3. The molecule has 0 spiro atoms. The number of halogens is 1. The normalized spacial score (nSPS) is 9.91. The Bertz CT molecular complexity index is 897. The number of nitrogens with one attached hydrogen (secondary N) is 1. The number of ether oxygens (including phenoxy) is 1. The molecule has 0 bridgehead atoms. The van der Waals surface area contributed by atoms with Gasteiger partial charge in [-0.25, -0.2) is 0 Å². The molecule has 0 saturated carbocycles. The summed E-state index contributed by atoms with van der Waals surface area (Å²) in [7, 11) is 1.35. The molecule has 1 heterocycles. The van der Waals surface area contributed by atoms with Gasteiger partial charge in [0.15, 0.2) is 11.5 Å². The molecule has 8 heteroatoms. The minimum absolute atomic E-state index is 0.0293. The Balaban J connectivity index is 2.96. The lowest BCUT2D eigenvalue weighted by atomic mass is 9.95. The van der Waals surface area contributed by atoms with Gasteiger partial charge < -0.3 is 20.6 Å². The number of hydrogen-bond acceptors (Lipinski definition) is 6. The van der Waals surface area contributed by atoms with Crippen molar-refractivity contribution in [3.8, 4) is 34.8 Å². The molecule has 0 radical (unpaired) electrons. The summed E-state index contributed by atoms with van der Waals surface area (Å²) in [5.74, 6) is -0.227. The van der Waals surface area contributed by atoms with E-state index in [1.807, 2.05) is 6.07 Å². The third-order valence-electron chi connectivity index (χ3n) is 3.27. The summed E-state index contributed by atoms with van der Waals surface area (Å²) < 4.78 is 5.07. The largest absolute Gasteiger partial charge is 0.504 e. The highest BCUT2D eigenvalue weighted by Gasteiger charge is 2.20. The number of benzene rings is 1. The maximum atomic E-state index is 11.9. The third kappa shape index (κ3) is 2.66. The van der Waals surface area contributed by atoms with E-state index in [1.54, 1.807) is 6.07 Å². The van der Waals surface area contributed by atoms with Crippen molar-refractivity contribution in [1.82, 2.24) is 4.98 Å². The quantitative estimate of drug-likeness (QED) is 0.734. The zero-order valence-corrected chi connectivity index (χ0v) is 12.7. The predicted molar refractivity (Wildman–Crippen MR) is 84.1 cm³/mol. The number of H-pyrrole nitrogens is 1. The number of methoxy groups -OCH3 is 1. The van der Waals surface area contributed by atoms with Crippen LogP contribution in [-0.4, -0.2) is 17.2 Å². The van der Waals surface area contributed by atoms with Gasteiger partial charge in [-0.05, 0) is 17.7 Å². The monoisotopic (exact) mass is 330 g/mol. The lowest BCUT2D eigenvalue weighted by Crippen LogP contribution is -2.16. The molecule has 23 heavy (non-hydrogen) atoms. The van der Waals surface area contributed by atoms with Crippen LogP contribution in [0.3, 0.4) is 0 Å². The number of alkyl halides is 1. The van der Waals surface area contributed by atoms with Crippen LogP contribution >= 0.6 is 11.6 Å². The fourth-order valence-corrected chi connectivity index (χ4v) is 2.40. The molecule has 0 aliphatic carbocycles. The second-order valence-electron chi connectivity index (χ2n) is 4.54. The molecule has 0 aliphatic rings. The van der Waals surface area contributed by atoms with Crippen LogP contribution in [0.5, 0.6) is 11.5 Å². The van der Waals surface area contributed by atoms with Gasteiger partial charge in [0.25, 0.3) is 5.56 Å². The first-order valence-corrected chi connectivity index (χ1v) is 6.84. The van der Waals surface area contributed by atoms with E-state index < -0.39 is 5.56 Å². The van der Waals surface area contributed by atoms with Crippen molar-refractivity contribution in [1.29, 1.82) is 10.5 Å². The smallest absolute Gasteiger partial charge is 0.268 e. The molecule has 1 aromatic carbocycles. The Kier molecular flexibility index (Phi) is 4.44. The zero-order chi connectivity index (χ0) is 17.1. The summed E-state index contributed by atoms with van der Waals surface area (Å²) in [5.41, 5.74) is 5.37. The Morgan fingerprint density at radius 1 is 1.35 bits per heavy atom. The molecular weight excluding hydrogens is 320 g/mol. The number of anilines is 1. The number of aromatic amines is 1. The van der Waals surface area contributed by atoms with E-state index in [0.29, 0.717) is 11.1 Å². The molecule has 0 amide bonds. The van der Waals surface area contributed by atoms with Gasteiger partial charge in [-0.1, -0.05) is 0 Å². The number of nitrogens with two attached hydrogens (primary N) is 1. The topological polar surface area (TPSA) is 136 Å². The van der Waals surface area contributed by atoms with Gasteiger partial charge in [0, 0.05) is 11.1 Å². The van der Waals surface area contributed by atoms with Gasteiger partial charge in [0.2, 0.25) is 0 Å². The van der Waals surface area contributed by atoms with Gasteiger partial charge in [-0.3, -0.25) is 4.79 Å². The summed E-state index contributed by atoms with van der Waals surface area (Å²) in [4.78, 5) is 14.2. The molecule has 0 saturated heterocycles. The summed E-state index contributed by atoms with van der Waals surface area (Å²) in [6.45, 7) is 0. The van der Waals surface area contributed by atoms with E-state index in [0.717, 1.165) is 0 Å². The minimum atomic E-state index is -0.710. The van der Waals surface area contributed by atoms with Crippen molar-refractivity contribution in [2.45, 2.75) is 5.88 Å². The van der Waals surface area contributed by atoms with E-state index in [4.69, 9.17) is 22.1 Å². The van der Waals surface area contributed by atoms with Gasteiger partial charge in [-0.15, -0.1) is 11.6 Å². The molecule has 0 unspecified atom stereocenters. The van der Waals surface area contributed by atoms with Crippen LogP contribution in [-0.2, 0) is 5.88 Å². The van der Waals surface area contributed by atoms with Crippen LogP contribution in [0.25, 0.3) is 11.1 Å². The number of aromatic nitrogens is 1. The molecule has 2 rings (SSSR count). The third-order valence-corrected chi connectivity index (χ3v) is 3.56. The zero-order valence-electron chi connectivity index (χ0n) is 12.0. The number of aromatic hydroxyl groups is 1. The van der Waals surface area contributed by atoms with Crippen LogP contribution in [0.15, 0.2) is 16.9 Å². The summed E-state index contributed by atoms with van der Waals surface area (Å²) >= 11 is 5.79. The van der Waals surface area contributed by atoms with Crippen molar-refractivity contribution in [3.05, 3.63) is 39.2 Å². The average molecular weight is 331 g/mol. The van der Waals surface area contributed by atoms with E-state index in [9.17, 15) is 20.4 Å². The molecule has 2 aromatic rings. The SMILES string of the molecule is COc1cc(-c2c(C#N)c(N)[nH]c(=O)c2C#N)cc(CCl)c1O. The molecule has 1 aromatic heterocycles. The van der Waals surface area contributed by atoms with E-state index in [2.05, 4.69) is 4.98 Å². The van der Waals surface area contributed by atoms with Crippen molar-refractivity contribution in [2.75, 3.05) is 12.8 Å².